The van der Waals surface area contributed by atoms with E-state index in [-0.39, 0.29) is 12.5 Å². The molecule has 30 heavy (non-hydrogen) atoms. The summed E-state index contributed by atoms with van der Waals surface area (Å²) in [4.78, 5) is 8.35. The highest BCUT2D eigenvalue weighted by atomic mass is 32.2. The van der Waals surface area contributed by atoms with Gasteiger partial charge >= 0.3 is 5.25 Å². The lowest BCUT2D eigenvalue weighted by molar-refractivity contribution is -0.0699. The van der Waals surface area contributed by atoms with Gasteiger partial charge in [0, 0.05) is 7.05 Å². The number of likely N-dealkylation sites (N-methyl/N-ethyl adjacent to an activating group) is 1. The molecule has 1 aliphatic heterocycles. The molecule has 0 fully saturated rings. The van der Waals surface area contributed by atoms with Gasteiger partial charge in [-0.25, -0.2) is 12.8 Å². The molecule has 0 spiro atoms. The number of rotatable bonds is 7. The summed E-state index contributed by atoms with van der Waals surface area (Å²) in [6, 6.07) is 0. The topological polar surface area (TPSA) is 97.3 Å². The van der Waals surface area contributed by atoms with Crippen LogP contribution in [-0.4, -0.2) is 60.6 Å². The van der Waals surface area contributed by atoms with Crippen molar-refractivity contribution in [2.45, 2.75) is 55.7 Å². The average Bonchev–Trinajstić information content (AvgIpc) is 2.67. The molecule has 0 amide bonds. The molecule has 0 aromatic carbocycles. The zero-order valence-electron chi connectivity index (χ0n) is 17.8. The SMILES string of the molecule is C#CCO/C(=C/N=C)N(C)C(C)(/C(F)=C\C)[C@@]1(C)N=C(N)C(C)(C)S(=O)(=O)C1(F)F. The Morgan fingerprint density at radius 3 is 2.43 bits per heavy atom. The molecular formula is C19H27F3N4O3S. The van der Waals surface area contributed by atoms with E-state index in [1.165, 1.54) is 14.0 Å². The van der Waals surface area contributed by atoms with E-state index in [1.54, 1.807) is 0 Å². The fraction of sp³-hybridized carbons (Fsp3) is 0.579. The molecule has 1 unspecified atom stereocenters. The third kappa shape index (κ3) is 3.17. The van der Waals surface area contributed by atoms with Crippen molar-refractivity contribution in [3.05, 3.63) is 24.0 Å². The number of nitrogens with zero attached hydrogens (tertiary/aromatic N) is 3. The molecule has 0 aromatic rings. The van der Waals surface area contributed by atoms with Crippen molar-refractivity contribution < 1.29 is 26.3 Å². The highest BCUT2D eigenvalue weighted by molar-refractivity contribution is 7.94. The van der Waals surface area contributed by atoms with Gasteiger partial charge in [0.1, 0.15) is 21.9 Å². The number of aliphatic imine (C=N–C) groups is 2. The lowest BCUT2D eigenvalue weighted by Gasteiger charge is -2.54. The molecule has 7 nitrogen and oxygen atoms in total. The van der Waals surface area contributed by atoms with Crippen LogP contribution in [0.1, 0.15) is 34.6 Å². The molecule has 1 heterocycles. The molecule has 1 rings (SSSR count). The summed E-state index contributed by atoms with van der Waals surface area (Å²) in [5.74, 6) is 0.292. The van der Waals surface area contributed by atoms with Gasteiger partial charge in [-0.05, 0) is 41.3 Å². The van der Waals surface area contributed by atoms with E-state index < -0.39 is 42.6 Å². The summed E-state index contributed by atoms with van der Waals surface area (Å²) < 4.78 is 75.5. The van der Waals surface area contributed by atoms with Crippen LogP contribution in [0, 0.1) is 12.3 Å². The van der Waals surface area contributed by atoms with Crippen LogP contribution in [0.5, 0.6) is 0 Å². The molecule has 0 saturated carbocycles. The lowest BCUT2D eigenvalue weighted by atomic mass is 9.76. The second-order valence-electron chi connectivity index (χ2n) is 7.51. The number of alkyl halides is 2. The average molecular weight is 449 g/mol. The van der Waals surface area contributed by atoms with Crippen LogP contribution in [0.15, 0.2) is 34.0 Å². The molecule has 1 aliphatic rings. The number of terminal acetylenes is 1. The Bertz CT molecular complexity index is 951. The molecule has 2 atom stereocenters. The van der Waals surface area contributed by atoms with E-state index in [1.807, 2.05) is 0 Å². The minimum atomic E-state index is -5.25. The number of hydrogen-bond donors (Lipinski definition) is 1. The Morgan fingerprint density at radius 1 is 1.47 bits per heavy atom. The molecule has 0 aliphatic carbocycles. The first-order chi connectivity index (χ1) is 13.5. The second kappa shape index (κ2) is 7.98. The summed E-state index contributed by atoms with van der Waals surface area (Å²) in [6.45, 7) is 8.18. The Labute approximate surface area is 175 Å². The largest absolute Gasteiger partial charge is 0.465 e. The van der Waals surface area contributed by atoms with Crippen molar-refractivity contribution in [1.29, 1.82) is 0 Å². The maximum Gasteiger partial charge on any atom is 0.373 e. The number of amidine groups is 1. The van der Waals surface area contributed by atoms with Gasteiger partial charge in [0.25, 0.3) is 0 Å². The number of hydrogen-bond acceptors (Lipinski definition) is 7. The maximum atomic E-state index is 15.7. The van der Waals surface area contributed by atoms with Crippen LogP contribution in [0.25, 0.3) is 0 Å². The Balaban J connectivity index is 4.02. The third-order valence-electron chi connectivity index (χ3n) is 5.71. The standard InChI is InChI=1S/C19H27F3N4O3S/c1-9-11-29-14(12-24-7)26(8)17(5,13(20)10-2)18(6)19(21,22)30(27,28)16(3,4)15(23)25-18/h1,10,12H,7,11H2,2-6,8H3,(H2,23,25)/b13-10+,14-12+/t17?,18-/m1/s1. The summed E-state index contributed by atoms with van der Waals surface area (Å²) in [5.41, 5.74) is 0.531. The summed E-state index contributed by atoms with van der Waals surface area (Å²) >= 11 is 0. The smallest absolute Gasteiger partial charge is 0.373 e. The molecule has 0 saturated heterocycles. The molecule has 168 valence electrons. The van der Waals surface area contributed by atoms with Crippen molar-refractivity contribution >= 4 is 22.4 Å². The molecule has 0 radical (unpaired) electrons. The van der Waals surface area contributed by atoms with Crippen LogP contribution in [0.3, 0.4) is 0 Å². The van der Waals surface area contributed by atoms with E-state index in [9.17, 15) is 8.42 Å². The highest BCUT2D eigenvalue weighted by Crippen LogP contribution is 2.55. The number of nitrogens with two attached hydrogens (primary N) is 1. The number of halogens is 3. The number of ether oxygens (including phenoxy) is 1. The molecular weight excluding hydrogens is 421 g/mol. The minimum Gasteiger partial charge on any atom is -0.465 e. The van der Waals surface area contributed by atoms with Gasteiger partial charge in [-0.2, -0.15) is 8.78 Å². The van der Waals surface area contributed by atoms with Crippen molar-refractivity contribution in [1.82, 2.24) is 4.90 Å². The van der Waals surface area contributed by atoms with Gasteiger partial charge in [0.05, 0.1) is 6.20 Å². The van der Waals surface area contributed by atoms with E-state index >= 15 is 13.2 Å². The number of sulfone groups is 1. The third-order valence-corrected chi connectivity index (χ3v) is 8.34. The summed E-state index contributed by atoms with van der Waals surface area (Å²) in [7, 11) is -4.03. The molecule has 11 heteroatoms. The highest BCUT2D eigenvalue weighted by Gasteiger charge is 2.76. The van der Waals surface area contributed by atoms with Crippen molar-refractivity contribution in [3.8, 4) is 12.3 Å². The van der Waals surface area contributed by atoms with E-state index in [0.717, 1.165) is 44.9 Å². The van der Waals surface area contributed by atoms with Gasteiger partial charge in [0.15, 0.2) is 12.1 Å². The molecule has 0 bridgehead atoms. The zero-order chi connectivity index (χ0) is 23.8. The molecule has 2 N–H and O–H groups in total. The van der Waals surface area contributed by atoms with E-state index in [2.05, 4.69) is 22.6 Å². The quantitative estimate of drug-likeness (QED) is 0.367. The summed E-state index contributed by atoms with van der Waals surface area (Å²) in [6.07, 6.45) is 7.14. The first-order valence-corrected chi connectivity index (χ1v) is 10.3. The van der Waals surface area contributed by atoms with Gasteiger partial charge in [-0.3, -0.25) is 9.98 Å². The Morgan fingerprint density at radius 2 is 2.00 bits per heavy atom. The molecule has 0 aromatic heterocycles. The van der Waals surface area contributed by atoms with Crippen molar-refractivity contribution in [2.24, 2.45) is 15.7 Å². The minimum absolute atomic E-state index is 0.226. The van der Waals surface area contributed by atoms with Crippen LogP contribution < -0.4 is 5.73 Å². The fourth-order valence-corrected chi connectivity index (χ4v) is 4.92. The van der Waals surface area contributed by atoms with Crippen LogP contribution in [-0.2, 0) is 14.6 Å². The first-order valence-electron chi connectivity index (χ1n) is 8.80. The normalized spacial score (nSPS) is 27.3. The second-order valence-corrected chi connectivity index (χ2v) is 10.1. The fourth-order valence-electron chi connectivity index (χ4n) is 3.19. The van der Waals surface area contributed by atoms with Crippen molar-refractivity contribution in [3.63, 3.8) is 0 Å². The van der Waals surface area contributed by atoms with Crippen LogP contribution in [0.4, 0.5) is 13.2 Å². The van der Waals surface area contributed by atoms with Gasteiger partial charge in [0.2, 0.25) is 15.7 Å². The van der Waals surface area contributed by atoms with Crippen LogP contribution >= 0.6 is 0 Å². The van der Waals surface area contributed by atoms with Gasteiger partial charge in [-0.15, -0.1) is 6.42 Å². The maximum absolute atomic E-state index is 15.7. The van der Waals surface area contributed by atoms with Gasteiger partial charge < -0.3 is 15.4 Å². The number of allylic oxidation sites excluding steroid dienone is 1. The van der Waals surface area contributed by atoms with Gasteiger partial charge in [-0.1, -0.05) is 12.0 Å². The first kappa shape index (κ1) is 25.6. The Kier molecular flexibility index (Phi) is 6.80. The Hall–Kier alpha value is -2.48. The summed E-state index contributed by atoms with van der Waals surface area (Å²) in [5, 5.41) is -4.52. The van der Waals surface area contributed by atoms with Crippen LogP contribution in [0.2, 0.25) is 0 Å². The van der Waals surface area contributed by atoms with E-state index in [0.29, 0.717) is 0 Å². The monoisotopic (exact) mass is 448 g/mol. The lowest BCUT2D eigenvalue weighted by Crippen LogP contribution is -2.74. The zero-order valence-corrected chi connectivity index (χ0v) is 18.6. The van der Waals surface area contributed by atoms with E-state index in [4.69, 9.17) is 16.9 Å². The van der Waals surface area contributed by atoms with Crippen molar-refractivity contribution in [2.75, 3.05) is 13.7 Å². The predicted molar refractivity (Wildman–Crippen MR) is 111 cm³/mol. The predicted octanol–water partition coefficient (Wildman–Crippen LogP) is 2.62.